The molecular weight excluding hydrogens is 172 g/mol. The highest BCUT2D eigenvalue weighted by atomic mass is 16.3. The Morgan fingerprint density at radius 2 is 1.86 bits per heavy atom. The highest BCUT2D eigenvalue weighted by Gasteiger charge is 2.18. The van der Waals surface area contributed by atoms with E-state index in [0.29, 0.717) is 0 Å². The van der Waals surface area contributed by atoms with Crippen molar-refractivity contribution < 1.29 is 4.42 Å². The molecule has 0 saturated heterocycles. The van der Waals surface area contributed by atoms with Crippen LogP contribution in [0.5, 0.6) is 0 Å². The zero-order valence-corrected chi connectivity index (χ0v) is 9.22. The van der Waals surface area contributed by atoms with Crippen molar-refractivity contribution >= 4 is 11.0 Å². The molecule has 1 heteroatoms. The lowest BCUT2D eigenvalue weighted by Gasteiger charge is -2.19. The smallest absolute Gasteiger partial charge is 0.137 e. The van der Waals surface area contributed by atoms with Crippen LogP contribution in [0.2, 0.25) is 0 Å². The van der Waals surface area contributed by atoms with Gasteiger partial charge in [-0.2, -0.15) is 0 Å². The van der Waals surface area contributed by atoms with Crippen LogP contribution in [0.1, 0.15) is 31.9 Å². The number of hydrogen-bond acceptors (Lipinski definition) is 1. The number of aryl methyl sites for hydroxylation is 1. The fourth-order valence-electron chi connectivity index (χ4n) is 1.79. The van der Waals surface area contributed by atoms with Crippen LogP contribution in [0.15, 0.2) is 28.9 Å². The lowest BCUT2D eigenvalue weighted by atomic mass is 9.85. The van der Waals surface area contributed by atoms with Gasteiger partial charge in [-0.15, -0.1) is 0 Å². The highest BCUT2D eigenvalue weighted by Crippen LogP contribution is 2.31. The summed E-state index contributed by atoms with van der Waals surface area (Å²) in [5.41, 5.74) is 3.76. The van der Waals surface area contributed by atoms with E-state index < -0.39 is 0 Å². The van der Waals surface area contributed by atoms with Gasteiger partial charge in [0.2, 0.25) is 0 Å². The number of rotatable bonds is 0. The van der Waals surface area contributed by atoms with Gasteiger partial charge in [-0.3, -0.25) is 0 Å². The van der Waals surface area contributed by atoms with Crippen LogP contribution in [0.3, 0.4) is 0 Å². The molecule has 2 rings (SSSR count). The first-order valence-electron chi connectivity index (χ1n) is 4.97. The summed E-state index contributed by atoms with van der Waals surface area (Å²) in [5, 5.41) is 1.20. The first kappa shape index (κ1) is 9.32. The van der Waals surface area contributed by atoms with Crippen molar-refractivity contribution in [3.05, 3.63) is 35.6 Å². The van der Waals surface area contributed by atoms with Gasteiger partial charge in [0.15, 0.2) is 0 Å². The molecule has 0 spiro atoms. The van der Waals surface area contributed by atoms with Crippen LogP contribution >= 0.6 is 0 Å². The summed E-state index contributed by atoms with van der Waals surface area (Å²) in [6, 6.07) is 6.40. The predicted molar refractivity (Wildman–Crippen MR) is 59.7 cm³/mol. The molecule has 0 fully saturated rings. The molecule has 0 aliphatic heterocycles. The minimum atomic E-state index is 0.141. The number of hydrogen-bond donors (Lipinski definition) is 0. The quantitative estimate of drug-likeness (QED) is 0.608. The van der Waals surface area contributed by atoms with Crippen LogP contribution in [-0.2, 0) is 5.41 Å². The minimum Gasteiger partial charge on any atom is -0.464 e. The fourth-order valence-corrected chi connectivity index (χ4v) is 1.79. The summed E-state index contributed by atoms with van der Waals surface area (Å²) in [6.45, 7) is 8.76. The second-order valence-electron chi connectivity index (χ2n) is 4.90. The van der Waals surface area contributed by atoms with Crippen LogP contribution < -0.4 is 0 Å². The molecule has 74 valence electrons. The minimum absolute atomic E-state index is 0.141. The Morgan fingerprint density at radius 1 is 1.14 bits per heavy atom. The second-order valence-corrected chi connectivity index (χ2v) is 4.90. The largest absolute Gasteiger partial charge is 0.464 e. The van der Waals surface area contributed by atoms with E-state index >= 15 is 0 Å². The lowest BCUT2D eigenvalue weighted by molar-refractivity contribution is 0.558. The molecule has 0 amide bonds. The third-order valence-electron chi connectivity index (χ3n) is 2.50. The van der Waals surface area contributed by atoms with Crippen molar-refractivity contribution in [2.45, 2.75) is 33.1 Å². The van der Waals surface area contributed by atoms with Gasteiger partial charge < -0.3 is 4.42 Å². The van der Waals surface area contributed by atoms with E-state index in [1.54, 1.807) is 6.26 Å². The Labute approximate surface area is 84.7 Å². The number of fused-ring (bicyclic) bond motifs is 1. The van der Waals surface area contributed by atoms with Gasteiger partial charge in [-0.1, -0.05) is 26.8 Å². The Balaban J connectivity index is 2.80. The monoisotopic (exact) mass is 188 g/mol. The molecule has 0 N–H and O–H groups in total. The maximum atomic E-state index is 5.53. The van der Waals surface area contributed by atoms with Gasteiger partial charge in [0.1, 0.15) is 5.58 Å². The van der Waals surface area contributed by atoms with Crippen LogP contribution in [0.4, 0.5) is 0 Å². The topological polar surface area (TPSA) is 13.1 Å². The molecule has 0 saturated carbocycles. The van der Waals surface area contributed by atoms with E-state index in [1.165, 1.54) is 16.5 Å². The molecular formula is C13H16O. The molecule has 1 aromatic heterocycles. The van der Waals surface area contributed by atoms with Crippen LogP contribution in [-0.4, -0.2) is 0 Å². The van der Waals surface area contributed by atoms with Gasteiger partial charge in [0.25, 0.3) is 0 Å². The van der Waals surface area contributed by atoms with E-state index in [1.807, 2.05) is 6.07 Å². The third-order valence-corrected chi connectivity index (χ3v) is 2.50. The van der Waals surface area contributed by atoms with Gasteiger partial charge in [0.05, 0.1) is 6.26 Å². The molecule has 2 aromatic rings. The molecule has 0 aliphatic rings. The molecule has 0 aliphatic carbocycles. The Kier molecular flexibility index (Phi) is 1.91. The molecule has 1 nitrogen and oxygen atoms in total. The molecule has 0 bridgehead atoms. The van der Waals surface area contributed by atoms with E-state index in [-0.39, 0.29) is 5.41 Å². The van der Waals surface area contributed by atoms with Crippen molar-refractivity contribution in [1.82, 2.24) is 0 Å². The summed E-state index contributed by atoms with van der Waals surface area (Å²) >= 11 is 0. The number of furan rings is 1. The SMILES string of the molecule is Cc1cc(C(C)(C)C)c2occc2c1. The first-order chi connectivity index (χ1) is 6.48. The van der Waals surface area contributed by atoms with Gasteiger partial charge in [-0.25, -0.2) is 0 Å². The van der Waals surface area contributed by atoms with Gasteiger partial charge >= 0.3 is 0 Å². The molecule has 1 heterocycles. The van der Waals surface area contributed by atoms with Crippen molar-refractivity contribution in [2.24, 2.45) is 0 Å². The summed E-state index contributed by atoms with van der Waals surface area (Å²) in [5.74, 6) is 0. The van der Waals surface area contributed by atoms with Crippen molar-refractivity contribution in [2.75, 3.05) is 0 Å². The molecule has 0 atom stereocenters. The molecule has 14 heavy (non-hydrogen) atoms. The normalized spacial score (nSPS) is 12.3. The Morgan fingerprint density at radius 3 is 2.50 bits per heavy atom. The van der Waals surface area contributed by atoms with Gasteiger partial charge in [-0.05, 0) is 30.0 Å². The Bertz CT molecular complexity index is 458. The Hall–Kier alpha value is -1.24. The zero-order chi connectivity index (χ0) is 10.3. The third kappa shape index (κ3) is 1.43. The summed E-state index contributed by atoms with van der Waals surface area (Å²) in [7, 11) is 0. The van der Waals surface area contributed by atoms with Crippen molar-refractivity contribution in [3.63, 3.8) is 0 Å². The van der Waals surface area contributed by atoms with Crippen LogP contribution in [0.25, 0.3) is 11.0 Å². The van der Waals surface area contributed by atoms with E-state index in [0.717, 1.165) is 5.58 Å². The maximum Gasteiger partial charge on any atom is 0.137 e. The van der Waals surface area contributed by atoms with Gasteiger partial charge in [0, 0.05) is 10.9 Å². The standard InChI is InChI=1S/C13H16O/c1-9-7-10-5-6-14-12(10)11(8-9)13(2,3)4/h5-8H,1-4H3. The predicted octanol–water partition coefficient (Wildman–Crippen LogP) is 4.04. The maximum absolute atomic E-state index is 5.53. The van der Waals surface area contributed by atoms with E-state index in [2.05, 4.69) is 39.8 Å². The van der Waals surface area contributed by atoms with Crippen molar-refractivity contribution in [1.29, 1.82) is 0 Å². The molecule has 0 radical (unpaired) electrons. The fraction of sp³-hybridized carbons (Fsp3) is 0.385. The summed E-state index contributed by atoms with van der Waals surface area (Å²) in [6.07, 6.45) is 1.76. The van der Waals surface area contributed by atoms with Crippen molar-refractivity contribution in [3.8, 4) is 0 Å². The average Bonchev–Trinajstić information content (AvgIpc) is 2.47. The summed E-state index contributed by atoms with van der Waals surface area (Å²) in [4.78, 5) is 0. The summed E-state index contributed by atoms with van der Waals surface area (Å²) < 4.78 is 5.53. The highest BCUT2D eigenvalue weighted by molar-refractivity contribution is 5.82. The van der Waals surface area contributed by atoms with E-state index in [4.69, 9.17) is 4.42 Å². The van der Waals surface area contributed by atoms with E-state index in [9.17, 15) is 0 Å². The average molecular weight is 188 g/mol. The lowest BCUT2D eigenvalue weighted by Crippen LogP contribution is -2.11. The second kappa shape index (κ2) is 2.88. The molecule has 1 aromatic carbocycles. The first-order valence-corrected chi connectivity index (χ1v) is 4.97. The number of benzene rings is 1. The molecule has 0 unspecified atom stereocenters. The zero-order valence-electron chi connectivity index (χ0n) is 9.22. The van der Waals surface area contributed by atoms with Crippen LogP contribution in [0, 0.1) is 6.92 Å².